The predicted molar refractivity (Wildman–Crippen MR) is 72.7 cm³/mol. The summed E-state index contributed by atoms with van der Waals surface area (Å²) in [6, 6.07) is 13.4. The average Bonchev–Trinajstić information content (AvgIpc) is 3.00. The second kappa shape index (κ2) is 5.58. The van der Waals surface area contributed by atoms with Crippen LogP contribution in [0.5, 0.6) is 0 Å². The molecule has 0 aliphatic heterocycles. The highest BCUT2D eigenvalue weighted by molar-refractivity contribution is 5.46. The van der Waals surface area contributed by atoms with E-state index in [1.165, 1.54) is 0 Å². The van der Waals surface area contributed by atoms with Crippen molar-refractivity contribution in [2.75, 3.05) is 7.05 Å². The third-order valence-corrected chi connectivity index (χ3v) is 2.91. The molecule has 1 atom stereocenters. The van der Waals surface area contributed by atoms with Crippen molar-refractivity contribution in [3.8, 4) is 11.5 Å². The molecular weight excluding hydrogens is 254 g/mol. The minimum absolute atomic E-state index is 0.144. The molecule has 1 aromatic carbocycles. The number of aromatic nitrogens is 4. The maximum atomic E-state index is 5.34. The summed E-state index contributed by atoms with van der Waals surface area (Å²) in [7, 11) is 1.85. The molecule has 3 rings (SSSR count). The van der Waals surface area contributed by atoms with Gasteiger partial charge in [-0.05, 0) is 24.7 Å². The van der Waals surface area contributed by atoms with E-state index in [1.54, 1.807) is 18.3 Å². The third kappa shape index (κ3) is 2.41. The average molecular weight is 267 g/mol. The molecule has 6 nitrogen and oxygen atoms in total. The topological polar surface area (TPSA) is 76.7 Å². The molecule has 3 aromatic rings. The SMILES string of the molecule is CN[C@@H](c1ccccc1)c1nc(-c2cccnn2)no1. The van der Waals surface area contributed by atoms with Gasteiger partial charge in [0, 0.05) is 6.20 Å². The zero-order chi connectivity index (χ0) is 13.8. The molecule has 0 amide bonds. The van der Waals surface area contributed by atoms with Crippen LogP contribution in [0.25, 0.3) is 11.5 Å². The summed E-state index contributed by atoms with van der Waals surface area (Å²) in [5.74, 6) is 0.934. The molecule has 2 aromatic heterocycles. The molecule has 6 heteroatoms. The number of nitrogens with zero attached hydrogens (tertiary/aromatic N) is 4. The van der Waals surface area contributed by atoms with Gasteiger partial charge in [-0.3, -0.25) is 0 Å². The number of nitrogens with one attached hydrogen (secondary N) is 1. The van der Waals surface area contributed by atoms with E-state index in [0.29, 0.717) is 17.4 Å². The Bertz CT molecular complexity index is 668. The second-order valence-corrected chi connectivity index (χ2v) is 4.20. The molecule has 2 heterocycles. The van der Waals surface area contributed by atoms with Gasteiger partial charge in [-0.15, -0.1) is 5.10 Å². The second-order valence-electron chi connectivity index (χ2n) is 4.20. The lowest BCUT2D eigenvalue weighted by Crippen LogP contribution is -2.17. The summed E-state index contributed by atoms with van der Waals surface area (Å²) in [6.07, 6.45) is 1.60. The van der Waals surface area contributed by atoms with Crippen LogP contribution in [-0.4, -0.2) is 27.4 Å². The van der Waals surface area contributed by atoms with E-state index < -0.39 is 0 Å². The first kappa shape index (κ1) is 12.4. The molecular formula is C14H13N5O. The molecule has 0 unspecified atom stereocenters. The van der Waals surface area contributed by atoms with Crippen LogP contribution in [0.4, 0.5) is 0 Å². The van der Waals surface area contributed by atoms with Gasteiger partial charge in [-0.25, -0.2) is 0 Å². The van der Waals surface area contributed by atoms with Crippen LogP contribution in [0.2, 0.25) is 0 Å². The fourth-order valence-corrected chi connectivity index (χ4v) is 1.96. The highest BCUT2D eigenvalue weighted by Gasteiger charge is 2.20. The highest BCUT2D eigenvalue weighted by atomic mass is 16.5. The van der Waals surface area contributed by atoms with Crippen molar-refractivity contribution in [3.05, 3.63) is 60.1 Å². The Morgan fingerprint density at radius 3 is 2.65 bits per heavy atom. The molecule has 0 saturated carbocycles. The van der Waals surface area contributed by atoms with Crippen LogP contribution >= 0.6 is 0 Å². The Morgan fingerprint density at radius 1 is 1.10 bits per heavy atom. The zero-order valence-corrected chi connectivity index (χ0v) is 10.9. The molecule has 100 valence electrons. The van der Waals surface area contributed by atoms with Crippen molar-refractivity contribution in [1.29, 1.82) is 0 Å². The zero-order valence-electron chi connectivity index (χ0n) is 10.9. The van der Waals surface area contributed by atoms with Crippen LogP contribution in [0, 0.1) is 0 Å². The molecule has 0 saturated heterocycles. The lowest BCUT2D eigenvalue weighted by molar-refractivity contribution is 0.355. The normalized spacial score (nSPS) is 12.2. The van der Waals surface area contributed by atoms with Crippen LogP contribution in [-0.2, 0) is 0 Å². The maximum Gasteiger partial charge on any atom is 0.248 e. The number of hydrogen-bond acceptors (Lipinski definition) is 6. The van der Waals surface area contributed by atoms with Gasteiger partial charge in [-0.2, -0.15) is 10.1 Å². The minimum Gasteiger partial charge on any atom is -0.337 e. The highest BCUT2D eigenvalue weighted by Crippen LogP contribution is 2.22. The van der Waals surface area contributed by atoms with Gasteiger partial charge in [0.1, 0.15) is 11.7 Å². The Morgan fingerprint density at radius 2 is 1.95 bits per heavy atom. The van der Waals surface area contributed by atoms with Crippen LogP contribution < -0.4 is 5.32 Å². The van der Waals surface area contributed by atoms with Crippen molar-refractivity contribution in [3.63, 3.8) is 0 Å². The lowest BCUT2D eigenvalue weighted by atomic mass is 10.1. The van der Waals surface area contributed by atoms with E-state index in [9.17, 15) is 0 Å². The Labute approximate surface area is 115 Å². The molecule has 0 aliphatic rings. The minimum atomic E-state index is -0.144. The Kier molecular flexibility index (Phi) is 3.47. The van der Waals surface area contributed by atoms with Crippen molar-refractivity contribution >= 4 is 0 Å². The van der Waals surface area contributed by atoms with E-state index in [0.717, 1.165) is 5.56 Å². The van der Waals surface area contributed by atoms with Crippen molar-refractivity contribution in [2.45, 2.75) is 6.04 Å². The van der Waals surface area contributed by atoms with Gasteiger partial charge in [0.05, 0.1) is 0 Å². The molecule has 20 heavy (non-hydrogen) atoms. The Balaban J connectivity index is 1.93. The van der Waals surface area contributed by atoms with Gasteiger partial charge >= 0.3 is 0 Å². The quantitative estimate of drug-likeness (QED) is 0.777. The third-order valence-electron chi connectivity index (χ3n) is 2.91. The molecule has 0 aliphatic carbocycles. The summed E-state index contributed by atoms with van der Waals surface area (Å²) in [6.45, 7) is 0. The van der Waals surface area contributed by atoms with Gasteiger partial charge in [-0.1, -0.05) is 35.5 Å². The van der Waals surface area contributed by atoms with E-state index in [-0.39, 0.29) is 6.04 Å². The van der Waals surface area contributed by atoms with Crippen molar-refractivity contribution in [1.82, 2.24) is 25.7 Å². The fraction of sp³-hybridized carbons (Fsp3) is 0.143. The number of rotatable bonds is 4. The first-order chi connectivity index (χ1) is 9.88. The summed E-state index contributed by atoms with van der Waals surface area (Å²) < 4.78 is 5.34. The fourth-order valence-electron chi connectivity index (χ4n) is 1.96. The summed E-state index contributed by atoms with van der Waals surface area (Å²) in [5, 5.41) is 14.9. The van der Waals surface area contributed by atoms with E-state index in [1.807, 2.05) is 37.4 Å². The largest absolute Gasteiger partial charge is 0.337 e. The standard InChI is InChI=1S/C14H13N5O/c1-15-12(10-6-3-2-4-7-10)14-17-13(19-20-14)11-8-5-9-16-18-11/h2-9,12,15H,1H3/t12-/m0/s1. The van der Waals surface area contributed by atoms with Gasteiger partial charge in [0.2, 0.25) is 11.7 Å². The van der Waals surface area contributed by atoms with Gasteiger partial charge in [0.15, 0.2) is 0 Å². The maximum absolute atomic E-state index is 5.34. The Hall–Kier alpha value is -2.60. The van der Waals surface area contributed by atoms with Gasteiger partial charge < -0.3 is 9.84 Å². The lowest BCUT2D eigenvalue weighted by Gasteiger charge is -2.11. The monoisotopic (exact) mass is 267 g/mol. The summed E-state index contributed by atoms with van der Waals surface area (Å²) >= 11 is 0. The van der Waals surface area contributed by atoms with E-state index in [2.05, 4.69) is 25.7 Å². The first-order valence-electron chi connectivity index (χ1n) is 6.22. The predicted octanol–water partition coefficient (Wildman–Crippen LogP) is 1.84. The molecule has 0 radical (unpaired) electrons. The van der Waals surface area contributed by atoms with Gasteiger partial charge in [0.25, 0.3) is 0 Å². The van der Waals surface area contributed by atoms with Crippen molar-refractivity contribution < 1.29 is 4.52 Å². The number of benzene rings is 1. The van der Waals surface area contributed by atoms with Crippen LogP contribution in [0.1, 0.15) is 17.5 Å². The van der Waals surface area contributed by atoms with Crippen LogP contribution in [0.15, 0.2) is 53.2 Å². The molecule has 0 spiro atoms. The molecule has 0 bridgehead atoms. The summed E-state index contributed by atoms with van der Waals surface area (Å²) in [4.78, 5) is 4.39. The first-order valence-corrected chi connectivity index (χ1v) is 6.22. The summed E-state index contributed by atoms with van der Waals surface area (Å²) in [5.41, 5.74) is 1.65. The number of hydrogen-bond donors (Lipinski definition) is 1. The molecule has 1 N–H and O–H groups in total. The smallest absolute Gasteiger partial charge is 0.248 e. The van der Waals surface area contributed by atoms with Crippen molar-refractivity contribution in [2.24, 2.45) is 0 Å². The van der Waals surface area contributed by atoms with E-state index in [4.69, 9.17) is 4.52 Å². The molecule has 0 fully saturated rings. The van der Waals surface area contributed by atoms with Crippen LogP contribution in [0.3, 0.4) is 0 Å². The van der Waals surface area contributed by atoms with E-state index >= 15 is 0 Å².